The number of hydrogen-bond acceptors (Lipinski definition) is 11. The van der Waals surface area contributed by atoms with Gasteiger partial charge in [0.05, 0.1) is 73.5 Å². The monoisotopic (exact) mass is 997 g/mol. The van der Waals surface area contributed by atoms with E-state index < -0.39 is 36.3 Å². The molecule has 5 aliphatic heterocycles. The highest BCUT2D eigenvalue weighted by atomic mass is 19.1. The third-order valence-electron chi connectivity index (χ3n) is 15.2. The number of carbonyl (C=O) groups excluding carboxylic acids is 4. The molecule has 0 bridgehead atoms. The van der Waals surface area contributed by atoms with Crippen molar-refractivity contribution in [3.05, 3.63) is 95.6 Å². The lowest BCUT2D eigenvalue weighted by Crippen LogP contribution is -2.53. The molecule has 0 aliphatic carbocycles. The second kappa shape index (κ2) is 19.9. The molecule has 18 nitrogen and oxygen atoms in total. The van der Waals surface area contributed by atoms with Crippen LogP contribution in [-0.4, -0.2) is 118 Å². The Kier molecular flexibility index (Phi) is 13.0. The van der Waals surface area contributed by atoms with Crippen molar-refractivity contribution in [2.45, 2.75) is 95.6 Å². The average molecular weight is 998 g/mol. The predicted molar refractivity (Wildman–Crippen MR) is 266 cm³/mol. The van der Waals surface area contributed by atoms with Crippen molar-refractivity contribution in [2.24, 2.45) is 11.8 Å². The second-order valence-corrected chi connectivity index (χ2v) is 20.0. The molecule has 19 heteroatoms. The molecule has 4 N–H and O–H groups in total. The molecule has 5 aliphatic rings. The van der Waals surface area contributed by atoms with E-state index in [4.69, 9.17) is 33.7 Å². The largest absolute Gasteiger partial charge is 0.493 e. The van der Waals surface area contributed by atoms with E-state index in [-0.39, 0.29) is 35.7 Å². The maximum Gasteiger partial charge on any atom is 0.407 e. The molecule has 73 heavy (non-hydrogen) atoms. The number of imidazole rings is 2. The van der Waals surface area contributed by atoms with Crippen LogP contribution in [0.4, 0.5) is 14.0 Å². The molecule has 0 radical (unpaired) electrons. The number of alkyl carbamates (subject to hydrolysis) is 2. The highest BCUT2D eigenvalue weighted by Crippen LogP contribution is 2.48. The first kappa shape index (κ1) is 47.9. The zero-order valence-corrected chi connectivity index (χ0v) is 41.4. The minimum absolute atomic E-state index is 0.105. The lowest BCUT2D eigenvalue weighted by Gasteiger charge is -2.34. The molecule has 8 heterocycles. The molecule has 0 unspecified atom stereocenters. The quantitative estimate of drug-likeness (QED) is 0.0970. The van der Waals surface area contributed by atoms with E-state index in [9.17, 15) is 19.2 Å². The lowest BCUT2D eigenvalue weighted by atomic mass is 9.90. The Morgan fingerprint density at radius 1 is 0.753 bits per heavy atom. The van der Waals surface area contributed by atoms with Crippen molar-refractivity contribution in [3.8, 4) is 45.3 Å². The molecular formula is C54H60FN9O9. The van der Waals surface area contributed by atoms with Crippen molar-refractivity contribution in [1.82, 2.24) is 44.9 Å². The maximum atomic E-state index is 17.1. The Labute approximate surface area is 421 Å². The van der Waals surface area contributed by atoms with Gasteiger partial charge in [0.2, 0.25) is 18.0 Å². The number of amides is 4. The summed E-state index contributed by atoms with van der Waals surface area (Å²) < 4.78 is 47.5. The number of nitrogens with one attached hydrogen (secondary N) is 4. The first-order valence-electron chi connectivity index (χ1n) is 25.4. The van der Waals surface area contributed by atoms with Crippen LogP contribution in [0.3, 0.4) is 0 Å². The number of rotatable bonds is 11. The van der Waals surface area contributed by atoms with Gasteiger partial charge in [0.15, 0.2) is 0 Å². The fraction of sp³-hybridized carbons (Fsp3) is 0.444. The van der Waals surface area contributed by atoms with Gasteiger partial charge >= 0.3 is 12.2 Å². The van der Waals surface area contributed by atoms with Gasteiger partial charge < -0.3 is 58.7 Å². The topological polar surface area (TPSA) is 207 Å². The molecule has 3 aromatic heterocycles. The van der Waals surface area contributed by atoms with Gasteiger partial charge in [-0.1, -0.05) is 32.0 Å². The van der Waals surface area contributed by atoms with Crippen molar-refractivity contribution in [3.63, 3.8) is 0 Å². The molecule has 3 fully saturated rings. The summed E-state index contributed by atoms with van der Waals surface area (Å²) in [5, 5.41) is 6.36. The maximum absolute atomic E-state index is 17.1. The Morgan fingerprint density at radius 2 is 1.44 bits per heavy atom. The molecule has 382 valence electrons. The van der Waals surface area contributed by atoms with E-state index in [1.807, 2.05) is 54.8 Å². The van der Waals surface area contributed by atoms with E-state index in [0.29, 0.717) is 98.5 Å². The van der Waals surface area contributed by atoms with Crippen LogP contribution in [-0.2, 0) is 30.2 Å². The summed E-state index contributed by atoms with van der Waals surface area (Å²) in [4.78, 5) is 72.7. The number of aryl methyl sites for hydroxylation is 1. The summed E-state index contributed by atoms with van der Waals surface area (Å²) in [6.07, 6.45) is 7.45. The van der Waals surface area contributed by atoms with Gasteiger partial charge in [-0.15, -0.1) is 0 Å². The highest BCUT2D eigenvalue weighted by molar-refractivity contribution is 5.93. The molecule has 0 spiro atoms. The summed E-state index contributed by atoms with van der Waals surface area (Å²) >= 11 is 0. The number of aromatic amines is 2. The predicted octanol–water partition coefficient (Wildman–Crippen LogP) is 8.35. The number of benzene rings is 3. The number of halogens is 1. The fourth-order valence-electron chi connectivity index (χ4n) is 11.4. The van der Waals surface area contributed by atoms with Crippen LogP contribution in [0, 0.1) is 17.7 Å². The zero-order chi connectivity index (χ0) is 50.5. The van der Waals surface area contributed by atoms with Gasteiger partial charge in [-0.2, -0.15) is 0 Å². The number of aromatic nitrogens is 5. The number of carbonyl (C=O) groups is 4. The normalized spacial score (nSPS) is 20.4. The number of nitrogens with zero attached hydrogens (tertiary/aromatic N) is 5. The number of methoxy groups -OCH3 is 2. The van der Waals surface area contributed by atoms with Crippen molar-refractivity contribution >= 4 is 34.9 Å². The molecule has 5 atom stereocenters. The summed E-state index contributed by atoms with van der Waals surface area (Å²) in [7, 11) is 2.56. The number of H-pyrrole nitrogens is 2. The first-order valence-corrected chi connectivity index (χ1v) is 25.4. The SMILES string of the molecule is COC(=O)N[C@H](C(=O)N1CCC[C@H]1c1ncc(-c2ccc3c(c2)cc2n3[C@H](c3ccc4c(c3)OCCC4)Oc3cc(-c4cnc([C@@H]5CCCN5C(=O)[C@@H](NC(=O)OC)C5CCOCC5)[nH]4)cc(F)c3-2)[nH]1)C(C)C. The van der Waals surface area contributed by atoms with Crippen LogP contribution in [0.25, 0.3) is 44.7 Å². The second-order valence-electron chi connectivity index (χ2n) is 20.0. The average Bonchev–Trinajstić information content (AvgIpc) is 4.28. The minimum atomic E-state index is -0.775. The smallest absolute Gasteiger partial charge is 0.407 e. The molecule has 4 amide bonds. The number of ether oxygens (including phenoxy) is 5. The first-order chi connectivity index (χ1) is 35.5. The van der Waals surface area contributed by atoms with E-state index in [1.54, 1.807) is 22.2 Å². The van der Waals surface area contributed by atoms with Crippen LogP contribution in [0.1, 0.15) is 99.9 Å². The van der Waals surface area contributed by atoms with Crippen LogP contribution < -0.4 is 20.1 Å². The zero-order valence-electron chi connectivity index (χ0n) is 41.4. The molecule has 3 saturated heterocycles. The van der Waals surface area contributed by atoms with E-state index in [1.165, 1.54) is 20.3 Å². The van der Waals surface area contributed by atoms with Gasteiger partial charge in [0.1, 0.15) is 41.0 Å². The Bertz CT molecular complexity index is 3090. The van der Waals surface area contributed by atoms with Crippen LogP contribution >= 0.6 is 0 Å². The van der Waals surface area contributed by atoms with Gasteiger partial charge in [-0.3, -0.25) is 9.59 Å². The third-order valence-corrected chi connectivity index (χ3v) is 15.2. The van der Waals surface area contributed by atoms with Gasteiger partial charge in [0.25, 0.3) is 0 Å². The summed E-state index contributed by atoms with van der Waals surface area (Å²) in [6.45, 7) is 6.44. The van der Waals surface area contributed by atoms with Gasteiger partial charge in [-0.25, -0.2) is 23.9 Å². The Hall–Kier alpha value is -7.41. The fourth-order valence-corrected chi connectivity index (χ4v) is 11.4. The minimum Gasteiger partial charge on any atom is -0.493 e. The van der Waals surface area contributed by atoms with Crippen LogP contribution in [0.5, 0.6) is 11.5 Å². The van der Waals surface area contributed by atoms with Gasteiger partial charge in [0, 0.05) is 48.4 Å². The van der Waals surface area contributed by atoms with Crippen LogP contribution in [0.15, 0.2) is 67.0 Å². The summed E-state index contributed by atoms with van der Waals surface area (Å²) in [5.74, 6) is 1.24. The summed E-state index contributed by atoms with van der Waals surface area (Å²) in [5.41, 5.74) is 6.43. The number of likely N-dealkylation sites (tertiary alicyclic amines) is 2. The molecule has 3 aromatic carbocycles. The van der Waals surface area contributed by atoms with Crippen molar-refractivity contribution < 1.29 is 47.3 Å². The number of fused-ring (bicyclic) bond motifs is 6. The van der Waals surface area contributed by atoms with E-state index in [2.05, 4.69) is 32.7 Å². The highest BCUT2D eigenvalue weighted by Gasteiger charge is 2.41. The number of hydrogen-bond donors (Lipinski definition) is 4. The molecule has 0 saturated carbocycles. The molecule has 6 aromatic rings. The van der Waals surface area contributed by atoms with Crippen LogP contribution in [0.2, 0.25) is 0 Å². The molecule has 11 rings (SSSR count). The van der Waals surface area contributed by atoms with Crippen molar-refractivity contribution in [1.29, 1.82) is 0 Å². The van der Waals surface area contributed by atoms with Crippen molar-refractivity contribution in [2.75, 3.05) is 47.1 Å². The Morgan fingerprint density at radius 3 is 2.14 bits per heavy atom. The third kappa shape index (κ3) is 9.01. The Balaban J connectivity index is 0.912. The van der Waals surface area contributed by atoms with E-state index >= 15 is 4.39 Å². The standard InChI is InChI=1S/C54H60FN9O9/c1-29(2)46(60-53(67)69-3)50(65)62-17-5-9-40(62)48-56-27-37(58-48)32-13-14-39-35(22-32)24-42-45-36(55)23-34(26-44(45)73-52(64(39)42)33-12-11-30-8-7-19-72-43(30)25-33)38-28-57-49(59-38)41-10-6-18-63(41)51(66)47(61-54(68)70-4)31-15-20-71-21-16-31/h11-14,22-29,31,40-41,46-47,52H,5-10,15-21H2,1-4H3,(H,56,58)(H,57,59)(H,60,67)(H,61,68)/t40-,41-,46-,47-,52-/m0/s1. The molecular weight excluding hydrogens is 938 g/mol. The van der Waals surface area contributed by atoms with Gasteiger partial charge in [-0.05, 0) is 105 Å². The summed E-state index contributed by atoms with van der Waals surface area (Å²) in [6, 6.07) is 15.3. The lowest BCUT2D eigenvalue weighted by molar-refractivity contribution is -0.137. The van der Waals surface area contributed by atoms with E-state index in [0.717, 1.165) is 64.7 Å².